The second kappa shape index (κ2) is 9.75. The van der Waals surface area contributed by atoms with Gasteiger partial charge in [0.2, 0.25) is 0 Å². The number of hydrogen-bond donors (Lipinski definition) is 0. The van der Waals surface area contributed by atoms with Gasteiger partial charge in [0.1, 0.15) is 6.61 Å². The van der Waals surface area contributed by atoms with Gasteiger partial charge in [0.15, 0.2) is 11.5 Å². The number of rotatable bonds is 7. The molecule has 1 saturated heterocycles. The molecule has 0 spiro atoms. The summed E-state index contributed by atoms with van der Waals surface area (Å²) in [5.41, 5.74) is 3.74. The molecule has 5 nitrogen and oxygen atoms in total. The van der Waals surface area contributed by atoms with Crippen LogP contribution in [0.3, 0.4) is 0 Å². The molecular weight excluding hydrogens is 422 g/mol. The number of carbonyl (C=O) groups excluding carboxylic acids is 2. The first-order chi connectivity index (χ1) is 15.5. The zero-order chi connectivity index (χ0) is 22.5. The van der Waals surface area contributed by atoms with Crippen LogP contribution in [0.5, 0.6) is 11.5 Å². The van der Waals surface area contributed by atoms with Crippen molar-refractivity contribution >= 4 is 29.0 Å². The van der Waals surface area contributed by atoms with Gasteiger partial charge in [-0.05, 0) is 42.0 Å². The highest BCUT2D eigenvalue weighted by Crippen LogP contribution is 2.38. The summed E-state index contributed by atoms with van der Waals surface area (Å²) in [4.78, 5) is 27.2. The normalized spacial score (nSPS) is 14.8. The summed E-state index contributed by atoms with van der Waals surface area (Å²) in [6, 6.07) is 23.1. The lowest BCUT2D eigenvalue weighted by molar-refractivity contribution is -0.123. The Morgan fingerprint density at radius 2 is 1.66 bits per heavy atom. The van der Waals surface area contributed by atoms with Crippen LogP contribution in [0.2, 0.25) is 0 Å². The minimum atomic E-state index is -0.308. The predicted octanol–water partition coefficient (Wildman–Crippen LogP) is 5.82. The summed E-state index contributed by atoms with van der Waals surface area (Å²) in [5.74, 6) is 0.787. The highest BCUT2D eigenvalue weighted by Gasteiger charge is 2.35. The van der Waals surface area contributed by atoms with Crippen molar-refractivity contribution < 1.29 is 19.1 Å². The molecule has 1 heterocycles. The third-order valence-corrected chi connectivity index (χ3v) is 5.98. The number of para-hydroxylation sites is 1. The number of imide groups is 1. The van der Waals surface area contributed by atoms with Crippen LogP contribution in [0.4, 0.5) is 4.79 Å². The average Bonchev–Trinajstić information content (AvgIpc) is 3.07. The number of carbonyl (C=O) groups is 2. The Hall–Kier alpha value is -3.51. The van der Waals surface area contributed by atoms with Crippen molar-refractivity contribution in [2.45, 2.75) is 20.1 Å². The van der Waals surface area contributed by atoms with E-state index in [1.165, 1.54) is 4.90 Å². The summed E-state index contributed by atoms with van der Waals surface area (Å²) >= 11 is 0.938. The van der Waals surface area contributed by atoms with E-state index in [-0.39, 0.29) is 17.7 Å². The Kier molecular flexibility index (Phi) is 6.61. The van der Waals surface area contributed by atoms with E-state index in [4.69, 9.17) is 9.47 Å². The van der Waals surface area contributed by atoms with Crippen molar-refractivity contribution in [3.8, 4) is 11.5 Å². The van der Waals surface area contributed by atoms with Gasteiger partial charge in [-0.25, -0.2) is 0 Å². The zero-order valence-electron chi connectivity index (χ0n) is 17.9. The number of thioether (sulfide) groups is 1. The largest absolute Gasteiger partial charge is 0.493 e. The monoisotopic (exact) mass is 445 g/mol. The maximum Gasteiger partial charge on any atom is 0.293 e. The molecule has 0 atom stereocenters. The van der Waals surface area contributed by atoms with Crippen molar-refractivity contribution in [3.05, 3.63) is 100.0 Å². The molecule has 1 aliphatic rings. The van der Waals surface area contributed by atoms with Gasteiger partial charge in [0.05, 0.1) is 18.6 Å². The fourth-order valence-corrected chi connectivity index (χ4v) is 4.17. The summed E-state index contributed by atoms with van der Waals surface area (Å²) in [6.45, 7) is 2.60. The lowest BCUT2D eigenvalue weighted by Gasteiger charge is -2.14. The Bertz CT molecular complexity index is 1160. The van der Waals surface area contributed by atoms with Gasteiger partial charge in [-0.3, -0.25) is 14.5 Å². The Morgan fingerprint density at radius 3 is 2.38 bits per heavy atom. The number of amides is 2. The molecule has 4 rings (SSSR count). The molecule has 0 radical (unpaired) electrons. The number of hydrogen-bond acceptors (Lipinski definition) is 5. The molecule has 0 saturated carbocycles. The molecule has 0 aromatic heterocycles. The number of aryl methyl sites for hydroxylation is 1. The molecule has 2 amide bonds. The highest BCUT2D eigenvalue weighted by atomic mass is 32.2. The fraction of sp³-hybridized carbons (Fsp3) is 0.154. The molecule has 162 valence electrons. The molecule has 0 N–H and O–H groups in total. The van der Waals surface area contributed by atoms with Crippen molar-refractivity contribution in [1.29, 1.82) is 0 Å². The lowest BCUT2D eigenvalue weighted by atomic mass is 10.1. The van der Waals surface area contributed by atoms with E-state index >= 15 is 0 Å². The van der Waals surface area contributed by atoms with Gasteiger partial charge >= 0.3 is 0 Å². The summed E-state index contributed by atoms with van der Waals surface area (Å²) < 4.78 is 11.5. The Balaban J connectivity index is 1.58. The van der Waals surface area contributed by atoms with Gasteiger partial charge < -0.3 is 9.47 Å². The zero-order valence-corrected chi connectivity index (χ0v) is 18.7. The second-order valence-electron chi connectivity index (χ2n) is 7.41. The van der Waals surface area contributed by atoms with Crippen LogP contribution in [0.25, 0.3) is 6.08 Å². The maximum atomic E-state index is 13.0. The highest BCUT2D eigenvalue weighted by molar-refractivity contribution is 8.18. The summed E-state index contributed by atoms with van der Waals surface area (Å²) in [7, 11) is 1.57. The third kappa shape index (κ3) is 4.86. The van der Waals surface area contributed by atoms with E-state index in [1.54, 1.807) is 19.3 Å². The third-order valence-electron chi connectivity index (χ3n) is 5.08. The first kappa shape index (κ1) is 21.7. The van der Waals surface area contributed by atoms with Gasteiger partial charge in [-0.1, -0.05) is 72.3 Å². The topological polar surface area (TPSA) is 55.8 Å². The minimum Gasteiger partial charge on any atom is -0.493 e. The van der Waals surface area contributed by atoms with Crippen LogP contribution in [0.15, 0.2) is 77.7 Å². The SMILES string of the molecule is COc1cccc(/C=C2\SC(=O)N(Cc3ccc(C)cc3)C2=O)c1OCc1ccccc1. The molecular formula is C26H23NO4S. The van der Waals surface area contributed by atoms with E-state index in [0.717, 1.165) is 28.5 Å². The minimum absolute atomic E-state index is 0.248. The average molecular weight is 446 g/mol. The second-order valence-corrected chi connectivity index (χ2v) is 8.40. The first-order valence-corrected chi connectivity index (χ1v) is 11.0. The fourth-order valence-electron chi connectivity index (χ4n) is 3.35. The van der Waals surface area contributed by atoms with Crippen molar-refractivity contribution in [1.82, 2.24) is 4.90 Å². The molecule has 1 fully saturated rings. The number of benzene rings is 3. The standard InChI is InChI=1S/C26H23NO4S/c1-18-11-13-19(14-12-18)16-27-25(28)23(32-26(27)29)15-21-9-6-10-22(30-2)24(21)31-17-20-7-4-3-5-8-20/h3-15H,16-17H2,1-2H3/b23-15-. The van der Waals surface area contributed by atoms with Crippen molar-refractivity contribution in [3.63, 3.8) is 0 Å². The Morgan fingerprint density at radius 1 is 0.906 bits per heavy atom. The van der Waals surface area contributed by atoms with Crippen LogP contribution < -0.4 is 9.47 Å². The quantitative estimate of drug-likeness (QED) is 0.429. The van der Waals surface area contributed by atoms with E-state index < -0.39 is 0 Å². The molecule has 32 heavy (non-hydrogen) atoms. The van der Waals surface area contributed by atoms with Crippen LogP contribution in [-0.4, -0.2) is 23.2 Å². The summed E-state index contributed by atoms with van der Waals surface area (Å²) in [6.07, 6.45) is 1.70. The number of nitrogens with zero attached hydrogens (tertiary/aromatic N) is 1. The van der Waals surface area contributed by atoms with Crippen LogP contribution in [0.1, 0.15) is 22.3 Å². The maximum absolute atomic E-state index is 13.0. The van der Waals surface area contributed by atoms with Crippen molar-refractivity contribution in [2.75, 3.05) is 7.11 Å². The molecule has 0 unspecified atom stereocenters. The van der Waals surface area contributed by atoms with E-state index in [2.05, 4.69) is 0 Å². The van der Waals surface area contributed by atoms with Gasteiger partial charge in [-0.15, -0.1) is 0 Å². The van der Waals surface area contributed by atoms with Crippen LogP contribution >= 0.6 is 11.8 Å². The molecule has 6 heteroatoms. The Labute approximate surface area is 191 Å². The van der Waals surface area contributed by atoms with Crippen molar-refractivity contribution in [2.24, 2.45) is 0 Å². The smallest absolute Gasteiger partial charge is 0.293 e. The molecule has 3 aromatic rings. The lowest BCUT2D eigenvalue weighted by Crippen LogP contribution is -2.27. The van der Waals surface area contributed by atoms with E-state index in [9.17, 15) is 9.59 Å². The molecule has 1 aliphatic heterocycles. The van der Waals surface area contributed by atoms with Gasteiger partial charge in [0.25, 0.3) is 11.1 Å². The number of ether oxygens (including phenoxy) is 2. The van der Waals surface area contributed by atoms with Gasteiger partial charge in [0, 0.05) is 5.56 Å². The first-order valence-electron chi connectivity index (χ1n) is 10.2. The number of methoxy groups -OCH3 is 1. The van der Waals surface area contributed by atoms with Gasteiger partial charge in [-0.2, -0.15) is 0 Å². The molecule has 0 aliphatic carbocycles. The van der Waals surface area contributed by atoms with Crippen LogP contribution in [-0.2, 0) is 17.9 Å². The van der Waals surface area contributed by atoms with Crippen LogP contribution in [0, 0.1) is 6.92 Å². The van der Waals surface area contributed by atoms with E-state index in [1.807, 2.05) is 73.7 Å². The molecule has 3 aromatic carbocycles. The predicted molar refractivity (Wildman–Crippen MR) is 126 cm³/mol. The van der Waals surface area contributed by atoms with E-state index in [0.29, 0.717) is 28.6 Å². The molecule has 0 bridgehead atoms. The summed E-state index contributed by atoms with van der Waals surface area (Å²) in [5, 5.41) is -0.281.